The summed E-state index contributed by atoms with van der Waals surface area (Å²) in [5, 5.41) is 12.9. The van der Waals surface area contributed by atoms with E-state index in [-0.39, 0.29) is 30.6 Å². The Labute approximate surface area is 188 Å². The van der Waals surface area contributed by atoms with Crippen molar-refractivity contribution in [3.63, 3.8) is 0 Å². The quantitative estimate of drug-likeness (QED) is 0.318. The fourth-order valence-electron chi connectivity index (χ4n) is 3.72. The van der Waals surface area contributed by atoms with Crippen molar-refractivity contribution in [3.8, 4) is 5.75 Å². The number of hydrogen-bond acceptors (Lipinski definition) is 2. The Morgan fingerprint density at radius 3 is 2.55 bits per heavy atom. The molecule has 29 heavy (non-hydrogen) atoms. The normalized spacial score (nSPS) is 12.1. The Morgan fingerprint density at radius 2 is 1.76 bits per heavy atom. The summed E-state index contributed by atoms with van der Waals surface area (Å²) in [4.78, 5) is 0. The fraction of sp³-hybridized carbons (Fsp3) is 0.292. The first-order valence-electron chi connectivity index (χ1n) is 9.85. The molecule has 0 aliphatic rings. The number of benzene rings is 3. The Kier molecular flexibility index (Phi) is 6.80. The Morgan fingerprint density at radius 1 is 1.03 bits per heavy atom. The van der Waals surface area contributed by atoms with E-state index >= 15 is 0 Å². The molecule has 0 spiro atoms. The number of halogens is 1. The molecule has 0 bridgehead atoms. The monoisotopic (exact) mass is 502 g/mol. The minimum absolute atomic E-state index is 0. The van der Waals surface area contributed by atoms with Crippen LogP contribution in [0.1, 0.15) is 18.1 Å². The van der Waals surface area contributed by atoms with E-state index < -0.39 is 6.10 Å². The van der Waals surface area contributed by atoms with Gasteiger partial charge in [0.1, 0.15) is 25.0 Å². The molecule has 4 rings (SSSR count). The van der Waals surface area contributed by atoms with Gasteiger partial charge in [-0.05, 0) is 55.5 Å². The molecule has 1 N–H and O–H groups in total. The fourth-order valence-corrected chi connectivity index (χ4v) is 3.72. The molecular formula is C24H27IN2O2. The van der Waals surface area contributed by atoms with Crippen molar-refractivity contribution in [2.45, 2.75) is 40.0 Å². The predicted molar refractivity (Wildman–Crippen MR) is 113 cm³/mol. The molecule has 0 fully saturated rings. The summed E-state index contributed by atoms with van der Waals surface area (Å²) in [5.74, 6) is 0.810. The third-order valence-corrected chi connectivity index (χ3v) is 5.42. The average molecular weight is 502 g/mol. The van der Waals surface area contributed by atoms with Crippen LogP contribution in [0.4, 0.5) is 0 Å². The van der Waals surface area contributed by atoms with Gasteiger partial charge in [-0.25, -0.2) is 9.13 Å². The van der Waals surface area contributed by atoms with E-state index in [1.165, 1.54) is 16.6 Å². The van der Waals surface area contributed by atoms with Gasteiger partial charge in [0.05, 0.1) is 6.54 Å². The molecule has 0 amide bonds. The number of aliphatic hydroxyl groups is 1. The highest BCUT2D eigenvalue weighted by Gasteiger charge is 2.19. The maximum Gasteiger partial charge on any atom is 0.244 e. The maximum atomic E-state index is 10.6. The summed E-state index contributed by atoms with van der Waals surface area (Å²) >= 11 is 0. The van der Waals surface area contributed by atoms with Gasteiger partial charge >= 0.3 is 0 Å². The first-order chi connectivity index (χ1) is 13.6. The van der Waals surface area contributed by atoms with Gasteiger partial charge in [0.15, 0.2) is 11.0 Å². The molecule has 5 heteroatoms. The summed E-state index contributed by atoms with van der Waals surface area (Å²) in [6.45, 7) is 8.05. The Bertz CT molecular complexity index is 1130. The van der Waals surface area contributed by atoms with E-state index in [2.05, 4.69) is 60.5 Å². The van der Waals surface area contributed by atoms with Gasteiger partial charge in [0, 0.05) is 5.39 Å². The lowest BCUT2D eigenvalue weighted by molar-refractivity contribution is -0.679. The molecule has 3 aromatic carbocycles. The van der Waals surface area contributed by atoms with E-state index in [0.717, 1.165) is 28.6 Å². The Hall–Kier alpha value is -2.12. The zero-order valence-electron chi connectivity index (χ0n) is 17.1. The average Bonchev–Trinajstić information content (AvgIpc) is 3.03. The van der Waals surface area contributed by atoms with Crippen molar-refractivity contribution in [3.05, 3.63) is 72.1 Å². The van der Waals surface area contributed by atoms with Crippen LogP contribution in [-0.2, 0) is 13.1 Å². The predicted octanol–water partition coefficient (Wildman–Crippen LogP) is 1.16. The molecule has 4 aromatic rings. The number of rotatable bonds is 6. The smallest absolute Gasteiger partial charge is 0.244 e. The lowest BCUT2D eigenvalue weighted by Gasteiger charge is -2.13. The van der Waals surface area contributed by atoms with Crippen LogP contribution in [0.25, 0.3) is 21.8 Å². The summed E-state index contributed by atoms with van der Waals surface area (Å²) in [6.07, 6.45) is 1.49. The van der Waals surface area contributed by atoms with Crippen LogP contribution < -0.4 is 33.3 Å². The van der Waals surface area contributed by atoms with Crippen LogP contribution in [0.5, 0.6) is 5.75 Å². The van der Waals surface area contributed by atoms with E-state index in [0.29, 0.717) is 6.54 Å². The second kappa shape index (κ2) is 9.13. The molecule has 1 atom stereocenters. The van der Waals surface area contributed by atoms with E-state index in [1.54, 1.807) is 0 Å². The molecule has 4 nitrogen and oxygen atoms in total. The maximum absolute atomic E-state index is 10.6. The molecule has 0 aliphatic heterocycles. The highest BCUT2D eigenvalue weighted by Crippen LogP contribution is 2.25. The third-order valence-electron chi connectivity index (χ3n) is 5.42. The van der Waals surface area contributed by atoms with Gasteiger partial charge in [-0.1, -0.05) is 36.4 Å². The highest BCUT2D eigenvalue weighted by molar-refractivity contribution is 5.88. The zero-order valence-corrected chi connectivity index (χ0v) is 19.3. The molecular weight excluding hydrogens is 475 g/mol. The first-order valence-corrected chi connectivity index (χ1v) is 9.85. The molecule has 0 aliphatic carbocycles. The van der Waals surface area contributed by atoms with Gasteiger partial charge in [-0.2, -0.15) is 0 Å². The molecule has 1 aromatic heterocycles. The molecule has 1 heterocycles. The van der Waals surface area contributed by atoms with Gasteiger partial charge in [-0.3, -0.25) is 0 Å². The SMILES string of the molecule is CCn1c[n+](CC(O)COc2cccc3ccccc23)c2cc(C)c(C)cc21.[I-]. The minimum Gasteiger partial charge on any atom is -1.00 e. The van der Waals surface area contributed by atoms with Crippen molar-refractivity contribution in [2.24, 2.45) is 0 Å². The number of aryl methyl sites for hydroxylation is 3. The number of fused-ring (bicyclic) bond motifs is 2. The Balaban J connectivity index is 0.00000240. The van der Waals surface area contributed by atoms with Crippen molar-refractivity contribution in [2.75, 3.05) is 6.61 Å². The van der Waals surface area contributed by atoms with Gasteiger partial charge < -0.3 is 33.8 Å². The largest absolute Gasteiger partial charge is 1.00 e. The molecule has 0 radical (unpaired) electrons. The molecule has 152 valence electrons. The van der Waals surface area contributed by atoms with E-state index in [4.69, 9.17) is 4.74 Å². The third kappa shape index (κ3) is 4.41. The van der Waals surface area contributed by atoms with E-state index in [1.807, 2.05) is 30.3 Å². The van der Waals surface area contributed by atoms with Crippen molar-refractivity contribution in [1.29, 1.82) is 0 Å². The van der Waals surface area contributed by atoms with Gasteiger partial charge in [-0.15, -0.1) is 0 Å². The molecule has 0 saturated carbocycles. The van der Waals surface area contributed by atoms with Crippen LogP contribution in [-0.4, -0.2) is 22.4 Å². The van der Waals surface area contributed by atoms with Crippen LogP contribution in [0.15, 0.2) is 60.9 Å². The van der Waals surface area contributed by atoms with Crippen molar-refractivity contribution in [1.82, 2.24) is 4.57 Å². The number of aromatic nitrogens is 2. The number of imidazole rings is 1. The summed E-state index contributed by atoms with van der Waals surface area (Å²) < 4.78 is 10.3. The van der Waals surface area contributed by atoms with Gasteiger partial charge in [0.25, 0.3) is 0 Å². The van der Waals surface area contributed by atoms with Crippen molar-refractivity contribution >= 4 is 21.8 Å². The second-order valence-corrected chi connectivity index (χ2v) is 7.42. The second-order valence-electron chi connectivity index (χ2n) is 7.42. The van der Waals surface area contributed by atoms with Crippen LogP contribution in [0, 0.1) is 13.8 Å². The lowest BCUT2D eigenvalue weighted by Crippen LogP contribution is -3.00. The molecule has 1 unspecified atom stereocenters. The van der Waals surface area contributed by atoms with Gasteiger partial charge in [0.2, 0.25) is 6.33 Å². The standard InChI is InChI=1S/C24H27N2O2.HI/c1-4-25-16-26(23-13-18(3)17(2)12-22(23)25)14-20(27)15-28-24-11-7-9-19-8-5-6-10-21(19)24;/h5-13,16,20,27H,4,14-15H2,1-3H3;1H/q+1;/p-1. The number of ether oxygens (including phenoxy) is 1. The highest BCUT2D eigenvalue weighted by atomic mass is 127. The van der Waals surface area contributed by atoms with Crippen LogP contribution >= 0.6 is 0 Å². The summed E-state index contributed by atoms with van der Waals surface area (Å²) in [6, 6.07) is 18.6. The zero-order chi connectivity index (χ0) is 19.7. The number of aliphatic hydroxyl groups excluding tert-OH is 1. The van der Waals surface area contributed by atoms with Crippen molar-refractivity contribution < 1.29 is 38.4 Å². The van der Waals surface area contributed by atoms with Crippen LogP contribution in [0.3, 0.4) is 0 Å². The van der Waals surface area contributed by atoms with Crippen LogP contribution in [0.2, 0.25) is 0 Å². The summed E-state index contributed by atoms with van der Waals surface area (Å²) in [5.41, 5.74) is 4.89. The topological polar surface area (TPSA) is 38.3 Å². The number of nitrogens with zero attached hydrogens (tertiary/aromatic N) is 2. The first kappa shape index (κ1) is 21.6. The van der Waals surface area contributed by atoms with E-state index in [9.17, 15) is 5.11 Å². The lowest BCUT2D eigenvalue weighted by atomic mass is 10.1. The molecule has 0 saturated heterocycles. The minimum atomic E-state index is -0.596. The number of hydrogen-bond donors (Lipinski definition) is 1. The summed E-state index contributed by atoms with van der Waals surface area (Å²) in [7, 11) is 0.